The summed E-state index contributed by atoms with van der Waals surface area (Å²) in [4.78, 5) is 9.42. The van der Waals surface area contributed by atoms with Crippen molar-refractivity contribution in [2.45, 2.75) is 11.8 Å². The van der Waals surface area contributed by atoms with E-state index in [1.165, 1.54) is 12.1 Å². The van der Waals surface area contributed by atoms with E-state index in [-0.39, 0.29) is 11.5 Å². The van der Waals surface area contributed by atoms with E-state index < -0.39 is 10.0 Å². The third-order valence-corrected chi connectivity index (χ3v) is 4.85. The van der Waals surface area contributed by atoms with Gasteiger partial charge in [-0.25, -0.2) is 8.42 Å². The first-order chi connectivity index (χ1) is 9.99. The second-order valence-corrected chi connectivity index (χ2v) is 6.85. The highest BCUT2D eigenvalue weighted by Gasteiger charge is 2.16. The highest BCUT2D eigenvalue weighted by atomic mass is 35.5. The molecule has 0 bridgehead atoms. The fourth-order valence-electron chi connectivity index (χ4n) is 1.91. The Bertz CT molecular complexity index is 574. The lowest BCUT2D eigenvalue weighted by Gasteiger charge is -2.26. The van der Waals surface area contributed by atoms with Crippen LogP contribution in [0.2, 0.25) is 5.02 Å². The van der Waals surface area contributed by atoms with Crippen LogP contribution in [-0.2, 0) is 19.6 Å². The lowest BCUT2D eigenvalue weighted by molar-refractivity contribution is 0.0125. The second kappa shape index (κ2) is 7.53. The molecule has 2 rings (SSSR count). The van der Waals surface area contributed by atoms with Gasteiger partial charge in [-0.1, -0.05) is 22.6 Å². The predicted molar refractivity (Wildman–Crippen MR) is 79.7 cm³/mol. The summed E-state index contributed by atoms with van der Waals surface area (Å²) < 4.78 is 29.3. The summed E-state index contributed by atoms with van der Waals surface area (Å²) in [7, 11) is -3.70. The minimum absolute atomic E-state index is 0.0875. The number of benzene rings is 1. The molecule has 0 amide bonds. The first kappa shape index (κ1) is 16.7. The summed E-state index contributed by atoms with van der Waals surface area (Å²) in [5.74, 6) is 0. The molecule has 1 fully saturated rings. The zero-order valence-corrected chi connectivity index (χ0v) is 13.4. The van der Waals surface area contributed by atoms with Crippen LogP contribution in [0.5, 0.6) is 0 Å². The molecule has 0 unspecified atom stereocenters. The van der Waals surface area contributed by atoms with Crippen molar-refractivity contribution >= 4 is 21.6 Å². The van der Waals surface area contributed by atoms with Crippen molar-refractivity contribution < 1.29 is 18.0 Å². The van der Waals surface area contributed by atoms with Gasteiger partial charge in [-0.05, 0) is 24.6 Å². The normalized spacial score (nSPS) is 17.0. The number of hydrogen-bond acceptors (Lipinski definition) is 5. The smallest absolute Gasteiger partial charge is 0.262 e. The maximum Gasteiger partial charge on any atom is 0.262 e. The molecular formula is C13H19ClN2O4S. The average Bonchev–Trinajstić information content (AvgIpc) is 2.47. The molecule has 1 aliphatic heterocycles. The van der Waals surface area contributed by atoms with Crippen LogP contribution in [0.15, 0.2) is 23.1 Å². The highest BCUT2D eigenvalue weighted by Crippen LogP contribution is 2.19. The van der Waals surface area contributed by atoms with Crippen LogP contribution in [-0.4, -0.2) is 52.8 Å². The van der Waals surface area contributed by atoms with Crippen LogP contribution in [0.4, 0.5) is 0 Å². The average molecular weight is 335 g/mol. The molecule has 0 saturated carbocycles. The molecule has 0 aliphatic carbocycles. The van der Waals surface area contributed by atoms with Crippen molar-refractivity contribution in [3.05, 3.63) is 28.8 Å². The maximum atomic E-state index is 12.0. The third-order valence-electron chi connectivity index (χ3n) is 3.24. The lowest BCUT2D eigenvalue weighted by atomic mass is 10.2. The molecule has 1 saturated heterocycles. The molecule has 21 heavy (non-hydrogen) atoms. The van der Waals surface area contributed by atoms with Crippen LogP contribution in [0.3, 0.4) is 0 Å². The number of ether oxygens (including phenoxy) is 1. The zero-order chi connectivity index (χ0) is 15.3. The zero-order valence-electron chi connectivity index (χ0n) is 11.8. The lowest BCUT2D eigenvalue weighted by Crippen LogP contribution is -2.39. The first-order valence-electron chi connectivity index (χ1n) is 6.69. The Hall–Kier alpha value is -0.700. The van der Waals surface area contributed by atoms with E-state index in [4.69, 9.17) is 21.2 Å². The van der Waals surface area contributed by atoms with Gasteiger partial charge in [-0.3, -0.25) is 9.74 Å². The summed E-state index contributed by atoms with van der Waals surface area (Å²) in [5, 5.41) is 0.409. The fraction of sp³-hybridized carbons (Fsp3) is 0.538. The number of nitrogens with zero attached hydrogens (tertiary/aromatic N) is 1. The number of morpholine rings is 1. The Morgan fingerprint density at radius 1 is 1.38 bits per heavy atom. The van der Waals surface area contributed by atoms with Crippen molar-refractivity contribution in [2.24, 2.45) is 0 Å². The summed E-state index contributed by atoms with van der Waals surface area (Å²) in [6.45, 7) is 5.82. The number of rotatable bonds is 6. The first-order valence-corrected chi connectivity index (χ1v) is 8.55. The monoisotopic (exact) mass is 334 g/mol. The summed E-state index contributed by atoms with van der Waals surface area (Å²) in [5.41, 5.74) is 0.823. The van der Waals surface area contributed by atoms with Crippen LogP contribution < -0.4 is 4.89 Å². The highest BCUT2D eigenvalue weighted by molar-refractivity contribution is 7.89. The van der Waals surface area contributed by atoms with Crippen LogP contribution >= 0.6 is 11.6 Å². The van der Waals surface area contributed by atoms with Gasteiger partial charge in [-0.2, -0.15) is 0 Å². The number of nitrogens with one attached hydrogen (secondary N) is 1. The van der Waals surface area contributed by atoms with Gasteiger partial charge < -0.3 is 4.74 Å². The Labute approximate surface area is 130 Å². The molecule has 1 aliphatic rings. The summed E-state index contributed by atoms with van der Waals surface area (Å²) in [6.07, 6.45) is 0. The molecule has 0 aromatic heterocycles. The Morgan fingerprint density at radius 2 is 2.10 bits per heavy atom. The van der Waals surface area contributed by atoms with Gasteiger partial charge >= 0.3 is 0 Å². The predicted octanol–water partition coefficient (Wildman–Crippen LogP) is 1.19. The number of halogens is 1. The minimum Gasteiger partial charge on any atom is -0.379 e. The number of hydrogen-bond donors (Lipinski definition) is 1. The molecule has 118 valence electrons. The van der Waals surface area contributed by atoms with Gasteiger partial charge in [0, 0.05) is 24.7 Å². The van der Waals surface area contributed by atoms with E-state index in [0.29, 0.717) is 24.8 Å². The summed E-state index contributed by atoms with van der Waals surface area (Å²) >= 11 is 5.93. The van der Waals surface area contributed by atoms with Crippen molar-refractivity contribution in [2.75, 3.05) is 39.5 Å². The topological polar surface area (TPSA) is 67.9 Å². The minimum atomic E-state index is -3.70. The second-order valence-electron chi connectivity index (χ2n) is 4.80. The largest absolute Gasteiger partial charge is 0.379 e. The molecular weight excluding hydrogens is 316 g/mol. The Balaban J connectivity index is 1.82. The molecule has 0 atom stereocenters. The van der Waals surface area contributed by atoms with E-state index in [2.05, 4.69) is 9.79 Å². The fourth-order valence-corrected chi connectivity index (χ4v) is 3.01. The van der Waals surface area contributed by atoms with Crippen LogP contribution in [0.1, 0.15) is 5.56 Å². The van der Waals surface area contributed by atoms with Crippen LogP contribution in [0, 0.1) is 6.92 Å². The third kappa shape index (κ3) is 4.91. The van der Waals surface area contributed by atoms with Gasteiger partial charge in [-0.15, -0.1) is 0 Å². The summed E-state index contributed by atoms with van der Waals surface area (Å²) in [6, 6.07) is 4.56. The maximum absolute atomic E-state index is 12.0. The van der Waals surface area contributed by atoms with Crippen molar-refractivity contribution in [1.82, 2.24) is 9.79 Å². The van der Waals surface area contributed by atoms with Crippen LogP contribution in [0.25, 0.3) is 0 Å². The number of sulfonamides is 1. The van der Waals surface area contributed by atoms with Gasteiger partial charge in [0.25, 0.3) is 10.0 Å². The van der Waals surface area contributed by atoms with E-state index in [9.17, 15) is 8.42 Å². The molecule has 1 heterocycles. The van der Waals surface area contributed by atoms with E-state index >= 15 is 0 Å². The standard InChI is InChI=1S/C13H19ClN2O4S/c1-11-2-3-12(10-13(11)14)21(17,18)15-20-9-6-16-4-7-19-8-5-16/h2-3,10,15H,4-9H2,1H3. The SMILES string of the molecule is Cc1ccc(S(=O)(=O)NOCCN2CCOCC2)cc1Cl. The van der Waals surface area contributed by atoms with E-state index in [0.717, 1.165) is 18.7 Å². The van der Waals surface area contributed by atoms with Gasteiger partial charge in [0.1, 0.15) is 0 Å². The van der Waals surface area contributed by atoms with Gasteiger partial charge in [0.15, 0.2) is 0 Å². The van der Waals surface area contributed by atoms with Gasteiger partial charge in [0.05, 0.1) is 24.7 Å². The molecule has 1 N–H and O–H groups in total. The molecule has 8 heteroatoms. The van der Waals surface area contributed by atoms with Gasteiger partial charge in [0.2, 0.25) is 0 Å². The van der Waals surface area contributed by atoms with Crippen molar-refractivity contribution in [1.29, 1.82) is 0 Å². The Morgan fingerprint density at radius 3 is 2.76 bits per heavy atom. The quantitative estimate of drug-likeness (QED) is 0.625. The number of aryl methyl sites for hydroxylation is 1. The molecule has 6 nitrogen and oxygen atoms in total. The molecule has 1 aromatic rings. The Kier molecular flexibility index (Phi) is 5.98. The van der Waals surface area contributed by atoms with E-state index in [1.54, 1.807) is 6.07 Å². The van der Waals surface area contributed by atoms with Crippen molar-refractivity contribution in [3.8, 4) is 0 Å². The van der Waals surface area contributed by atoms with Crippen molar-refractivity contribution in [3.63, 3.8) is 0 Å². The molecule has 0 radical (unpaired) electrons. The molecule has 1 aromatic carbocycles. The van der Waals surface area contributed by atoms with E-state index in [1.807, 2.05) is 6.92 Å². The molecule has 0 spiro atoms.